The molecule has 0 radical (unpaired) electrons. The lowest BCUT2D eigenvalue weighted by Crippen LogP contribution is -2.33. The molecule has 21 heavy (non-hydrogen) atoms. The minimum absolute atomic E-state index is 0.483. The van der Waals surface area contributed by atoms with Crippen molar-refractivity contribution in [2.75, 3.05) is 33.5 Å². The van der Waals surface area contributed by atoms with Gasteiger partial charge < -0.3 is 19.3 Å². The topological polar surface area (TPSA) is 69.4 Å². The summed E-state index contributed by atoms with van der Waals surface area (Å²) in [6, 6.07) is 0.483. The molecular weight excluding hydrogens is 270 g/mol. The number of methoxy groups -OCH3 is 1. The molecule has 1 saturated carbocycles. The van der Waals surface area contributed by atoms with Crippen LogP contribution in [0.3, 0.4) is 0 Å². The van der Waals surface area contributed by atoms with E-state index in [4.69, 9.17) is 14.0 Å². The minimum atomic E-state index is 0.483. The monoisotopic (exact) mass is 297 g/mol. The van der Waals surface area contributed by atoms with E-state index in [0.29, 0.717) is 32.3 Å². The Bertz CT molecular complexity index is 393. The van der Waals surface area contributed by atoms with Crippen LogP contribution in [-0.4, -0.2) is 49.7 Å². The summed E-state index contributed by atoms with van der Waals surface area (Å²) in [7, 11) is 1.66. The third kappa shape index (κ3) is 6.11. The number of nitrogens with one attached hydrogen (secondary N) is 1. The van der Waals surface area contributed by atoms with Gasteiger partial charge in [0.2, 0.25) is 5.89 Å². The van der Waals surface area contributed by atoms with Crippen LogP contribution >= 0.6 is 0 Å². The van der Waals surface area contributed by atoms with Gasteiger partial charge in [-0.25, -0.2) is 0 Å². The Kier molecular flexibility index (Phi) is 7.12. The largest absolute Gasteiger partial charge is 0.382 e. The van der Waals surface area contributed by atoms with Gasteiger partial charge >= 0.3 is 0 Å². The molecule has 1 aromatic rings. The maximum atomic E-state index is 5.41. The SMILES string of the molecule is CCCNC(Cc1nc(CCOCCOC)no1)C1CC1. The highest BCUT2D eigenvalue weighted by molar-refractivity contribution is 4.95. The Morgan fingerprint density at radius 2 is 2.19 bits per heavy atom. The molecule has 0 spiro atoms. The average Bonchev–Trinajstić information content (AvgIpc) is 3.24. The molecule has 1 N–H and O–H groups in total. The van der Waals surface area contributed by atoms with Gasteiger partial charge in [-0.05, 0) is 31.7 Å². The highest BCUT2D eigenvalue weighted by Gasteiger charge is 2.32. The van der Waals surface area contributed by atoms with Crippen LogP contribution in [0, 0.1) is 5.92 Å². The molecule has 1 unspecified atom stereocenters. The Hall–Kier alpha value is -0.980. The first-order chi connectivity index (χ1) is 10.3. The number of ether oxygens (including phenoxy) is 2. The maximum Gasteiger partial charge on any atom is 0.228 e. The first-order valence-corrected chi connectivity index (χ1v) is 7.95. The summed E-state index contributed by atoms with van der Waals surface area (Å²) in [5, 5.41) is 7.61. The number of aromatic nitrogens is 2. The highest BCUT2D eigenvalue weighted by atomic mass is 16.5. The van der Waals surface area contributed by atoms with Gasteiger partial charge in [0.1, 0.15) is 0 Å². The first-order valence-electron chi connectivity index (χ1n) is 7.95. The lowest BCUT2D eigenvalue weighted by Gasteiger charge is -2.15. The molecule has 1 atom stereocenters. The van der Waals surface area contributed by atoms with Gasteiger partial charge in [-0.2, -0.15) is 4.98 Å². The van der Waals surface area contributed by atoms with E-state index in [9.17, 15) is 0 Å². The van der Waals surface area contributed by atoms with Crippen LogP contribution < -0.4 is 5.32 Å². The van der Waals surface area contributed by atoms with E-state index in [0.717, 1.165) is 37.0 Å². The summed E-state index contributed by atoms with van der Waals surface area (Å²) in [5.41, 5.74) is 0. The third-order valence-electron chi connectivity index (χ3n) is 3.65. The van der Waals surface area contributed by atoms with Crippen molar-refractivity contribution in [2.45, 2.75) is 45.1 Å². The Balaban J connectivity index is 1.71. The minimum Gasteiger partial charge on any atom is -0.382 e. The fourth-order valence-electron chi connectivity index (χ4n) is 2.30. The molecule has 0 aromatic carbocycles. The zero-order chi connectivity index (χ0) is 14.9. The molecule has 1 aliphatic carbocycles. The molecule has 0 saturated heterocycles. The summed E-state index contributed by atoms with van der Waals surface area (Å²) in [6.07, 6.45) is 5.30. The predicted octanol–water partition coefficient (Wildman–Crippen LogP) is 1.60. The van der Waals surface area contributed by atoms with Crippen LogP contribution in [0.15, 0.2) is 4.52 Å². The second-order valence-corrected chi connectivity index (χ2v) is 5.56. The molecule has 6 nitrogen and oxygen atoms in total. The molecular formula is C15H27N3O3. The smallest absolute Gasteiger partial charge is 0.228 e. The predicted molar refractivity (Wildman–Crippen MR) is 79.2 cm³/mol. The molecule has 6 heteroatoms. The van der Waals surface area contributed by atoms with Crippen LogP contribution in [0.4, 0.5) is 0 Å². The number of rotatable bonds is 12. The Morgan fingerprint density at radius 1 is 1.33 bits per heavy atom. The van der Waals surface area contributed by atoms with Gasteiger partial charge in [0.25, 0.3) is 0 Å². The number of hydrogen-bond donors (Lipinski definition) is 1. The quantitative estimate of drug-likeness (QED) is 0.591. The molecule has 0 aliphatic heterocycles. The third-order valence-corrected chi connectivity index (χ3v) is 3.65. The fraction of sp³-hybridized carbons (Fsp3) is 0.867. The summed E-state index contributed by atoms with van der Waals surface area (Å²) in [4.78, 5) is 4.46. The number of hydrogen-bond acceptors (Lipinski definition) is 6. The lowest BCUT2D eigenvalue weighted by molar-refractivity contribution is 0.0714. The van der Waals surface area contributed by atoms with Crippen molar-refractivity contribution in [3.63, 3.8) is 0 Å². The van der Waals surface area contributed by atoms with E-state index in [1.54, 1.807) is 7.11 Å². The van der Waals surface area contributed by atoms with E-state index in [2.05, 4.69) is 22.4 Å². The van der Waals surface area contributed by atoms with Crippen molar-refractivity contribution in [3.05, 3.63) is 11.7 Å². The van der Waals surface area contributed by atoms with Gasteiger partial charge in [-0.15, -0.1) is 0 Å². The van der Waals surface area contributed by atoms with Crippen LogP contribution in [0.1, 0.15) is 37.9 Å². The average molecular weight is 297 g/mol. The molecule has 2 rings (SSSR count). The highest BCUT2D eigenvalue weighted by Crippen LogP contribution is 2.33. The van der Waals surface area contributed by atoms with Crippen molar-refractivity contribution in [1.29, 1.82) is 0 Å². The molecule has 1 aliphatic rings. The second kappa shape index (κ2) is 9.12. The zero-order valence-electron chi connectivity index (χ0n) is 13.1. The van der Waals surface area contributed by atoms with Crippen LogP contribution in [0.25, 0.3) is 0 Å². The molecule has 1 fully saturated rings. The van der Waals surface area contributed by atoms with E-state index in [1.807, 2.05) is 0 Å². The fourth-order valence-corrected chi connectivity index (χ4v) is 2.30. The van der Waals surface area contributed by atoms with Gasteiger partial charge in [0.05, 0.1) is 19.8 Å². The van der Waals surface area contributed by atoms with Gasteiger partial charge in [-0.3, -0.25) is 0 Å². The molecule has 120 valence electrons. The van der Waals surface area contributed by atoms with Crippen molar-refractivity contribution in [1.82, 2.24) is 15.5 Å². The molecule has 1 aromatic heterocycles. The normalized spacial score (nSPS) is 16.3. The van der Waals surface area contributed by atoms with E-state index in [-0.39, 0.29) is 0 Å². The van der Waals surface area contributed by atoms with Gasteiger partial charge in [0, 0.05) is 26.0 Å². The maximum absolute atomic E-state index is 5.41. The Morgan fingerprint density at radius 3 is 2.90 bits per heavy atom. The van der Waals surface area contributed by atoms with E-state index >= 15 is 0 Å². The lowest BCUT2D eigenvalue weighted by atomic mass is 10.1. The van der Waals surface area contributed by atoms with E-state index in [1.165, 1.54) is 12.8 Å². The standard InChI is InChI=1S/C15H27N3O3/c1-3-7-16-13(12-4-5-12)11-15-17-14(18-21-15)6-8-20-10-9-19-2/h12-13,16H,3-11H2,1-2H3. The molecule has 0 bridgehead atoms. The van der Waals surface area contributed by atoms with Crippen LogP contribution in [-0.2, 0) is 22.3 Å². The molecule has 0 amide bonds. The Labute approximate surface area is 126 Å². The first kappa shape index (κ1) is 16.4. The molecule has 1 heterocycles. The van der Waals surface area contributed by atoms with Gasteiger partial charge in [0.15, 0.2) is 5.82 Å². The summed E-state index contributed by atoms with van der Waals surface area (Å²) in [5.74, 6) is 2.25. The van der Waals surface area contributed by atoms with Crippen molar-refractivity contribution >= 4 is 0 Å². The summed E-state index contributed by atoms with van der Waals surface area (Å²) < 4.78 is 15.7. The van der Waals surface area contributed by atoms with Crippen molar-refractivity contribution in [3.8, 4) is 0 Å². The zero-order valence-corrected chi connectivity index (χ0v) is 13.1. The summed E-state index contributed by atoms with van der Waals surface area (Å²) >= 11 is 0. The summed E-state index contributed by atoms with van der Waals surface area (Å²) in [6.45, 7) is 5.05. The second-order valence-electron chi connectivity index (χ2n) is 5.56. The van der Waals surface area contributed by atoms with Crippen molar-refractivity contribution in [2.24, 2.45) is 5.92 Å². The van der Waals surface area contributed by atoms with Crippen molar-refractivity contribution < 1.29 is 14.0 Å². The van der Waals surface area contributed by atoms with Crippen LogP contribution in [0.5, 0.6) is 0 Å². The van der Waals surface area contributed by atoms with Gasteiger partial charge in [-0.1, -0.05) is 12.1 Å². The van der Waals surface area contributed by atoms with Crippen LogP contribution in [0.2, 0.25) is 0 Å². The van der Waals surface area contributed by atoms with E-state index < -0.39 is 0 Å². The number of nitrogens with zero attached hydrogens (tertiary/aromatic N) is 2.